The van der Waals surface area contributed by atoms with Crippen molar-refractivity contribution in [3.8, 4) is 5.75 Å². The van der Waals surface area contributed by atoms with Gasteiger partial charge in [0, 0.05) is 5.69 Å². The molecule has 5 nitrogen and oxygen atoms in total. The topological polar surface area (TPSA) is 64.4 Å². The molecule has 0 spiro atoms. The monoisotopic (exact) mass is 374 g/mol. The fraction of sp³-hybridized carbons (Fsp3) is 0.158. The maximum Gasteiger partial charge on any atom is 0.278 e. The van der Waals surface area contributed by atoms with E-state index in [4.69, 9.17) is 20.9 Å². The Morgan fingerprint density at radius 1 is 1.27 bits per heavy atom. The minimum absolute atomic E-state index is 0.0596. The molecular weight excluding hydrogens is 359 g/mol. The molecule has 0 radical (unpaired) electrons. The predicted molar refractivity (Wildman–Crippen MR) is 96.1 cm³/mol. The van der Waals surface area contributed by atoms with Crippen LogP contribution in [0.25, 0.3) is 0 Å². The van der Waals surface area contributed by atoms with Crippen LogP contribution in [0, 0.1) is 19.7 Å². The van der Waals surface area contributed by atoms with Gasteiger partial charge in [-0.1, -0.05) is 35.0 Å². The number of carbonyl (C=O) groups excluding carboxylic acids is 1. The number of nitrogens with zero attached hydrogens (tertiary/aromatic N) is 1. The van der Waals surface area contributed by atoms with Crippen LogP contribution in [-0.2, 0) is 6.61 Å². The van der Waals surface area contributed by atoms with Gasteiger partial charge in [-0.05, 0) is 43.7 Å². The third kappa shape index (κ3) is 3.86. The van der Waals surface area contributed by atoms with Crippen LogP contribution < -0.4 is 10.1 Å². The van der Waals surface area contributed by atoms with Crippen molar-refractivity contribution in [3.63, 3.8) is 0 Å². The second-order valence-corrected chi connectivity index (χ2v) is 6.11. The largest absolute Gasteiger partial charge is 0.487 e. The van der Waals surface area contributed by atoms with Crippen LogP contribution in [0.5, 0.6) is 5.75 Å². The Kier molecular flexibility index (Phi) is 5.23. The number of aromatic nitrogens is 1. The van der Waals surface area contributed by atoms with Gasteiger partial charge in [-0.15, -0.1) is 0 Å². The molecular formula is C19H16ClFN2O3. The number of halogens is 2. The number of hydrogen-bond donors (Lipinski definition) is 1. The fourth-order valence-electron chi connectivity index (χ4n) is 2.31. The Balaban J connectivity index is 1.77. The highest BCUT2D eigenvalue weighted by atomic mass is 35.5. The molecule has 0 aliphatic rings. The molecule has 0 saturated carbocycles. The maximum absolute atomic E-state index is 13.6. The lowest BCUT2D eigenvalue weighted by molar-refractivity contribution is 0.101. The van der Waals surface area contributed by atoms with Crippen molar-refractivity contribution in [3.05, 3.63) is 75.9 Å². The molecule has 0 fully saturated rings. The molecule has 7 heteroatoms. The number of aryl methyl sites for hydroxylation is 2. The Labute approximate surface area is 154 Å². The summed E-state index contributed by atoms with van der Waals surface area (Å²) in [6, 6.07) is 11.5. The van der Waals surface area contributed by atoms with E-state index in [2.05, 4.69) is 10.5 Å². The number of amides is 1. The summed E-state index contributed by atoms with van der Waals surface area (Å²) in [4.78, 5) is 12.5. The van der Waals surface area contributed by atoms with Gasteiger partial charge in [-0.25, -0.2) is 4.39 Å². The molecule has 0 unspecified atom stereocenters. The first-order valence-electron chi connectivity index (χ1n) is 7.85. The van der Waals surface area contributed by atoms with Gasteiger partial charge in [0.1, 0.15) is 23.9 Å². The average Bonchev–Trinajstić information content (AvgIpc) is 2.98. The zero-order valence-electron chi connectivity index (χ0n) is 14.2. The number of nitrogens with one attached hydrogen (secondary N) is 1. The van der Waals surface area contributed by atoms with Crippen molar-refractivity contribution >= 4 is 23.2 Å². The van der Waals surface area contributed by atoms with Crippen LogP contribution in [0.1, 0.15) is 27.4 Å². The fourth-order valence-corrected chi connectivity index (χ4v) is 2.50. The van der Waals surface area contributed by atoms with Crippen molar-refractivity contribution in [1.82, 2.24) is 5.16 Å². The first kappa shape index (κ1) is 17.9. The number of ether oxygens (including phenoxy) is 1. The van der Waals surface area contributed by atoms with E-state index >= 15 is 0 Å². The van der Waals surface area contributed by atoms with Gasteiger partial charge in [-0.2, -0.15) is 0 Å². The summed E-state index contributed by atoms with van der Waals surface area (Å²) in [5.41, 5.74) is 1.40. The van der Waals surface area contributed by atoms with Crippen LogP contribution in [-0.4, -0.2) is 11.1 Å². The van der Waals surface area contributed by atoms with Gasteiger partial charge < -0.3 is 14.6 Å². The molecule has 2 aromatic carbocycles. The van der Waals surface area contributed by atoms with Crippen molar-refractivity contribution in [2.24, 2.45) is 0 Å². The summed E-state index contributed by atoms with van der Waals surface area (Å²) in [6.07, 6.45) is 0. The molecule has 3 rings (SSSR count). The molecule has 0 aliphatic carbocycles. The third-order valence-electron chi connectivity index (χ3n) is 3.84. The van der Waals surface area contributed by atoms with Gasteiger partial charge in [-0.3, -0.25) is 4.79 Å². The maximum atomic E-state index is 13.6. The summed E-state index contributed by atoms with van der Waals surface area (Å²) < 4.78 is 24.4. The third-order valence-corrected chi connectivity index (χ3v) is 4.15. The molecule has 134 valence electrons. The summed E-state index contributed by atoms with van der Waals surface area (Å²) >= 11 is 6.06. The van der Waals surface area contributed by atoms with E-state index in [1.54, 1.807) is 50.2 Å². The summed E-state index contributed by atoms with van der Waals surface area (Å²) in [7, 11) is 0. The van der Waals surface area contributed by atoms with Crippen molar-refractivity contribution in [2.45, 2.75) is 20.5 Å². The molecule has 1 N–H and O–H groups in total. The highest BCUT2D eigenvalue weighted by Gasteiger charge is 2.21. The van der Waals surface area contributed by atoms with Gasteiger partial charge >= 0.3 is 0 Å². The van der Waals surface area contributed by atoms with Crippen LogP contribution in [0.3, 0.4) is 0 Å². The second-order valence-electron chi connectivity index (χ2n) is 5.70. The molecule has 0 saturated heterocycles. The zero-order chi connectivity index (χ0) is 18.7. The quantitative estimate of drug-likeness (QED) is 0.688. The minimum atomic E-state index is -0.511. The Morgan fingerprint density at radius 3 is 2.77 bits per heavy atom. The minimum Gasteiger partial charge on any atom is -0.487 e. The van der Waals surface area contributed by atoms with Crippen LogP contribution in [0.4, 0.5) is 10.1 Å². The van der Waals surface area contributed by atoms with Gasteiger partial charge in [0.05, 0.1) is 10.6 Å². The number of rotatable bonds is 5. The Bertz CT molecular complexity index is 956. The zero-order valence-corrected chi connectivity index (χ0v) is 14.9. The van der Waals surface area contributed by atoms with E-state index in [0.29, 0.717) is 33.3 Å². The van der Waals surface area contributed by atoms with Gasteiger partial charge in [0.25, 0.3) is 5.91 Å². The number of anilines is 1. The van der Waals surface area contributed by atoms with E-state index in [0.717, 1.165) is 0 Å². The lowest BCUT2D eigenvalue weighted by Gasteiger charge is -2.09. The highest BCUT2D eigenvalue weighted by Crippen LogP contribution is 2.25. The van der Waals surface area contributed by atoms with Crippen molar-refractivity contribution < 1.29 is 18.4 Å². The summed E-state index contributed by atoms with van der Waals surface area (Å²) in [6.45, 7) is 3.39. The van der Waals surface area contributed by atoms with E-state index in [9.17, 15) is 9.18 Å². The van der Waals surface area contributed by atoms with Crippen molar-refractivity contribution in [2.75, 3.05) is 5.32 Å². The summed E-state index contributed by atoms with van der Waals surface area (Å²) in [5.74, 6) is 0.0308. The molecule has 0 bridgehead atoms. The van der Waals surface area contributed by atoms with Crippen LogP contribution in [0.15, 0.2) is 47.0 Å². The number of para-hydroxylation sites is 1. The van der Waals surface area contributed by atoms with E-state index in [1.165, 1.54) is 6.07 Å². The number of hydrogen-bond acceptors (Lipinski definition) is 4. The standard InChI is InChI=1S/C19H16ClFN2O3/c1-11-7-8-13(9-16(11)21)22-19(24)18-14(12(2)26-23-18)10-25-17-6-4-3-5-15(17)20/h3-9H,10H2,1-2H3,(H,22,24). The Hall–Kier alpha value is -2.86. The molecule has 26 heavy (non-hydrogen) atoms. The van der Waals surface area contributed by atoms with Crippen LogP contribution in [0.2, 0.25) is 5.02 Å². The highest BCUT2D eigenvalue weighted by molar-refractivity contribution is 6.32. The Morgan fingerprint density at radius 2 is 2.04 bits per heavy atom. The first-order valence-corrected chi connectivity index (χ1v) is 8.23. The SMILES string of the molecule is Cc1ccc(NC(=O)c2noc(C)c2COc2ccccc2Cl)cc1F. The molecule has 1 heterocycles. The van der Waals surface area contributed by atoms with E-state index in [1.807, 2.05) is 0 Å². The van der Waals surface area contributed by atoms with Gasteiger partial charge in [0.2, 0.25) is 0 Å². The lowest BCUT2D eigenvalue weighted by Crippen LogP contribution is -2.15. The molecule has 0 atom stereocenters. The lowest BCUT2D eigenvalue weighted by atomic mass is 10.2. The molecule has 1 amide bonds. The molecule has 1 aromatic heterocycles. The number of carbonyl (C=O) groups is 1. The van der Waals surface area contributed by atoms with Crippen molar-refractivity contribution in [1.29, 1.82) is 0 Å². The number of benzene rings is 2. The molecule has 3 aromatic rings. The van der Waals surface area contributed by atoms with E-state index in [-0.39, 0.29) is 12.3 Å². The second kappa shape index (κ2) is 7.58. The normalized spacial score (nSPS) is 10.6. The van der Waals surface area contributed by atoms with Gasteiger partial charge in [0.15, 0.2) is 5.69 Å². The first-order chi connectivity index (χ1) is 12.5. The summed E-state index contributed by atoms with van der Waals surface area (Å²) in [5, 5.41) is 6.86. The average molecular weight is 375 g/mol. The molecule has 0 aliphatic heterocycles. The van der Waals surface area contributed by atoms with Crippen LogP contribution >= 0.6 is 11.6 Å². The van der Waals surface area contributed by atoms with E-state index < -0.39 is 11.7 Å². The predicted octanol–water partition coefficient (Wildman–Crippen LogP) is 4.92. The smallest absolute Gasteiger partial charge is 0.278 e.